The summed E-state index contributed by atoms with van der Waals surface area (Å²) in [4.78, 5) is 18.8. The van der Waals surface area contributed by atoms with Crippen LogP contribution in [-0.4, -0.2) is 24.4 Å². The molecule has 3 nitrogen and oxygen atoms in total. The number of thiazole rings is 1. The molecule has 18 heavy (non-hydrogen) atoms. The molecular formula is C14H22N2OS. The third kappa shape index (κ3) is 2.30. The minimum atomic E-state index is 0.458. The summed E-state index contributed by atoms with van der Waals surface area (Å²) in [6.07, 6.45) is 5.49. The fourth-order valence-electron chi connectivity index (χ4n) is 2.76. The maximum atomic E-state index is 11.0. The van der Waals surface area contributed by atoms with Gasteiger partial charge in [-0.25, -0.2) is 4.98 Å². The molecule has 2 heterocycles. The second kappa shape index (κ2) is 5.39. The molecule has 1 aromatic heterocycles. The Hall–Kier alpha value is -0.900. The standard InChI is InChI=1S/C14H22N2OS/c1-4-11-12(9-17)18-13(15-11)16-8-7-14(5-2,6-3)10-16/h9H,4-8,10H2,1-3H3. The smallest absolute Gasteiger partial charge is 0.186 e. The Kier molecular flexibility index (Phi) is 4.05. The van der Waals surface area contributed by atoms with E-state index in [1.807, 2.05) is 0 Å². The van der Waals surface area contributed by atoms with Crippen molar-refractivity contribution in [3.63, 3.8) is 0 Å². The quantitative estimate of drug-likeness (QED) is 0.764. The zero-order valence-electron chi connectivity index (χ0n) is 11.5. The molecule has 0 bridgehead atoms. The van der Waals surface area contributed by atoms with E-state index in [1.165, 1.54) is 19.3 Å². The van der Waals surface area contributed by atoms with Gasteiger partial charge in [0.05, 0.1) is 10.6 Å². The van der Waals surface area contributed by atoms with Gasteiger partial charge in [-0.3, -0.25) is 4.79 Å². The number of anilines is 1. The van der Waals surface area contributed by atoms with Crippen molar-refractivity contribution in [2.75, 3.05) is 18.0 Å². The van der Waals surface area contributed by atoms with Crippen LogP contribution in [0.15, 0.2) is 0 Å². The molecule has 0 atom stereocenters. The first kappa shape index (κ1) is 13.5. The van der Waals surface area contributed by atoms with Gasteiger partial charge in [-0.2, -0.15) is 0 Å². The van der Waals surface area contributed by atoms with Gasteiger partial charge in [-0.15, -0.1) is 0 Å². The summed E-state index contributed by atoms with van der Waals surface area (Å²) in [5.74, 6) is 0. The molecule has 1 aliphatic rings. The van der Waals surface area contributed by atoms with E-state index in [9.17, 15) is 4.79 Å². The topological polar surface area (TPSA) is 33.2 Å². The van der Waals surface area contributed by atoms with Crippen molar-refractivity contribution in [1.29, 1.82) is 0 Å². The molecule has 1 aliphatic heterocycles. The van der Waals surface area contributed by atoms with Gasteiger partial charge in [0.15, 0.2) is 11.4 Å². The van der Waals surface area contributed by atoms with Crippen LogP contribution in [0, 0.1) is 5.41 Å². The number of aldehydes is 1. The van der Waals surface area contributed by atoms with Crippen molar-refractivity contribution in [3.05, 3.63) is 10.6 Å². The molecule has 2 rings (SSSR count). The molecule has 0 amide bonds. The number of hydrogen-bond acceptors (Lipinski definition) is 4. The minimum absolute atomic E-state index is 0.458. The molecule has 0 radical (unpaired) electrons. The summed E-state index contributed by atoms with van der Waals surface area (Å²) >= 11 is 1.55. The largest absolute Gasteiger partial charge is 0.347 e. The van der Waals surface area contributed by atoms with Crippen LogP contribution in [0.5, 0.6) is 0 Å². The number of carbonyl (C=O) groups is 1. The average Bonchev–Trinajstić information content (AvgIpc) is 3.02. The number of hydrogen-bond donors (Lipinski definition) is 0. The van der Waals surface area contributed by atoms with Gasteiger partial charge >= 0.3 is 0 Å². The van der Waals surface area contributed by atoms with Crippen molar-refractivity contribution in [2.45, 2.75) is 46.5 Å². The lowest BCUT2D eigenvalue weighted by Crippen LogP contribution is -2.26. The van der Waals surface area contributed by atoms with Crippen molar-refractivity contribution in [3.8, 4) is 0 Å². The lowest BCUT2D eigenvalue weighted by Gasteiger charge is -2.26. The molecular weight excluding hydrogens is 244 g/mol. The van der Waals surface area contributed by atoms with Gasteiger partial charge in [0, 0.05) is 13.1 Å². The summed E-state index contributed by atoms with van der Waals surface area (Å²) in [6.45, 7) is 8.79. The SMILES string of the molecule is CCc1nc(N2CCC(CC)(CC)C2)sc1C=O. The second-order valence-electron chi connectivity index (χ2n) is 5.16. The molecule has 1 saturated heterocycles. The zero-order chi connectivity index (χ0) is 13.2. The van der Waals surface area contributed by atoms with Crippen LogP contribution < -0.4 is 4.90 Å². The summed E-state index contributed by atoms with van der Waals surface area (Å²) < 4.78 is 0. The molecule has 4 heteroatoms. The predicted octanol–water partition coefficient (Wildman–Crippen LogP) is 3.53. The van der Waals surface area contributed by atoms with Gasteiger partial charge in [0.2, 0.25) is 0 Å². The van der Waals surface area contributed by atoms with Gasteiger partial charge in [-0.1, -0.05) is 32.1 Å². The van der Waals surface area contributed by atoms with E-state index >= 15 is 0 Å². The molecule has 0 aromatic carbocycles. The van der Waals surface area contributed by atoms with Crippen LogP contribution in [0.3, 0.4) is 0 Å². The maximum Gasteiger partial charge on any atom is 0.186 e. The van der Waals surface area contributed by atoms with Crippen molar-refractivity contribution < 1.29 is 4.79 Å². The highest BCUT2D eigenvalue weighted by Gasteiger charge is 2.36. The van der Waals surface area contributed by atoms with Crippen LogP contribution in [0.2, 0.25) is 0 Å². The van der Waals surface area contributed by atoms with E-state index in [1.54, 1.807) is 11.3 Å². The van der Waals surface area contributed by atoms with Gasteiger partial charge in [0.25, 0.3) is 0 Å². The van der Waals surface area contributed by atoms with Gasteiger partial charge in [-0.05, 0) is 31.1 Å². The van der Waals surface area contributed by atoms with E-state index in [4.69, 9.17) is 0 Å². The zero-order valence-corrected chi connectivity index (χ0v) is 12.3. The highest BCUT2D eigenvalue weighted by atomic mass is 32.1. The number of nitrogens with zero attached hydrogens (tertiary/aromatic N) is 2. The van der Waals surface area contributed by atoms with E-state index in [2.05, 4.69) is 30.7 Å². The molecule has 0 saturated carbocycles. The van der Waals surface area contributed by atoms with Crippen LogP contribution in [0.4, 0.5) is 5.13 Å². The third-order valence-electron chi connectivity index (χ3n) is 4.37. The number of aromatic nitrogens is 1. The van der Waals surface area contributed by atoms with Crippen LogP contribution in [0.25, 0.3) is 0 Å². The lowest BCUT2D eigenvalue weighted by atomic mass is 9.82. The number of carbonyl (C=O) groups excluding carboxylic acids is 1. The molecule has 0 spiro atoms. The fourth-order valence-corrected chi connectivity index (χ4v) is 3.75. The first-order valence-corrected chi connectivity index (χ1v) is 7.69. The monoisotopic (exact) mass is 266 g/mol. The highest BCUT2D eigenvalue weighted by Crippen LogP contribution is 2.40. The van der Waals surface area contributed by atoms with E-state index in [0.717, 1.165) is 41.5 Å². The Morgan fingerprint density at radius 1 is 1.39 bits per heavy atom. The molecule has 1 fully saturated rings. The van der Waals surface area contributed by atoms with E-state index < -0.39 is 0 Å². The second-order valence-corrected chi connectivity index (χ2v) is 6.17. The summed E-state index contributed by atoms with van der Waals surface area (Å²) in [6, 6.07) is 0. The van der Waals surface area contributed by atoms with Crippen molar-refractivity contribution in [2.24, 2.45) is 5.41 Å². The molecule has 0 N–H and O–H groups in total. The summed E-state index contributed by atoms with van der Waals surface area (Å²) in [5, 5.41) is 1.04. The van der Waals surface area contributed by atoms with Gasteiger partial charge in [0.1, 0.15) is 0 Å². The average molecular weight is 266 g/mol. The summed E-state index contributed by atoms with van der Waals surface area (Å²) in [7, 11) is 0. The highest BCUT2D eigenvalue weighted by molar-refractivity contribution is 7.17. The Morgan fingerprint density at radius 3 is 2.56 bits per heavy atom. The number of aryl methyl sites for hydroxylation is 1. The van der Waals surface area contributed by atoms with Gasteiger partial charge < -0.3 is 4.90 Å². The molecule has 1 aromatic rings. The number of rotatable bonds is 5. The normalized spacial score (nSPS) is 18.3. The Morgan fingerprint density at radius 2 is 2.11 bits per heavy atom. The van der Waals surface area contributed by atoms with Crippen molar-refractivity contribution in [1.82, 2.24) is 4.98 Å². The Bertz CT molecular complexity index is 423. The maximum absolute atomic E-state index is 11.0. The van der Waals surface area contributed by atoms with Crippen LogP contribution in [-0.2, 0) is 6.42 Å². The Balaban J connectivity index is 2.19. The Labute approximate surface area is 113 Å². The molecule has 100 valence electrons. The first-order valence-electron chi connectivity index (χ1n) is 6.87. The predicted molar refractivity (Wildman–Crippen MR) is 76.7 cm³/mol. The fraction of sp³-hybridized carbons (Fsp3) is 0.714. The van der Waals surface area contributed by atoms with Crippen LogP contribution >= 0.6 is 11.3 Å². The van der Waals surface area contributed by atoms with Crippen molar-refractivity contribution >= 4 is 22.8 Å². The first-order chi connectivity index (χ1) is 8.68. The van der Waals surface area contributed by atoms with Crippen LogP contribution in [0.1, 0.15) is 55.4 Å². The summed E-state index contributed by atoms with van der Waals surface area (Å²) in [5.41, 5.74) is 1.41. The third-order valence-corrected chi connectivity index (χ3v) is 5.45. The molecule has 0 aliphatic carbocycles. The van der Waals surface area contributed by atoms with E-state index in [-0.39, 0.29) is 0 Å². The van der Waals surface area contributed by atoms with E-state index in [0.29, 0.717) is 5.41 Å². The minimum Gasteiger partial charge on any atom is -0.347 e. The lowest BCUT2D eigenvalue weighted by molar-refractivity contribution is 0.112. The molecule has 0 unspecified atom stereocenters.